The molecule has 0 spiro atoms. The van der Waals surface area contributed by atoms with Gasteiger partial charge in [0.2, 0.25) is 0 Å². The SMILES string of the molecule is CC(=O)OC[C@H]1O[C@@H](N2C=CCC(C(=O)OCc3ccc(COC(=O)C4=CN([C@@H]5O[C@H](COC(C)=O)[C@@H](OC(C)=O)[C@H]5OC(C)=O)C=CC4)cc3)=C2)[C@H](OC(C)=O)[C@@H]1OC(C)=O. The molecule has 2 saturated heterocycles. The summed E-state index contributed by atoms with van der Waals surface area (Å²) in [6, 6.07) is 6.81. The van der Waals surface area contributed by atoms with Crippen LogP contribution in [0.3, 0.4) is 0 Å². The molecule has 4 aliphatic rings. The van der Waals surface area contributed by atoms with Crippen molar-refractivity contribution in [2.45, 2.75) is 117 Å². The summed E-state index contributed by atoms with van der Waals surface area (Å²) in [5.74, 6) is -5.15. The zero-order valence-electron chi connectivity index (χ0n) is 34.9. The molecular formula is C42H48N2O18. The van der Waals surface area contributed by atoms with Gasteiger partial charge in [-0.1, -0.05) is 36.4 Å². The van der Waals surface area contributed by atoms with Crippen LogP contribution in [0.4, 0.5) is 0 Å². The van der Waals surface area contributed by atoms with Crippen molar-refractivity contribution in [2.24, 2.45) is 0 Å². The van der Waals surface area contributed by atoms with Crippen molar-refractivity contribution in [3.8, 4) is 0 Å². The average molecular weight is 869 g/mol. The topological polar surface area (TPSA) is 235 Å². The minimum Gasteiger partial charge on any atom is -0.463 e. The summed E-state index contributed by atoms with van der Waals surface area (Å²) in [5.41, 5.74) is 1.76. The van der Waals surface area contributed by atoms with Crippen molar-refractivity contribution in [1.29, 1.82) is 0 Å². The lowest BCUT2D eigenvalue weighted by Gasteiger charge is -2.30. The Kier molecular flexibility index (Phi) is 16.0. The van der Waals surface area contributed by atoms with Gasteiger partial charge in [0.25, 0.3) is 0 Å². The molecular weight excluding hydrogens is 820 g/mol. The number of carbonyl (C=O) groups excluding carboxylic acids is 8. The lowest BCUT2D eigenvalue weighted by Crippen LogP contribution is -2.44. The van der Waals surface area contributed by atoms with Crippen LogP contribution in [0.2, 0.25) is 0 Å². The number of carbonyl (C=O) groups is 8. The normalized spacial score (nSPS) is 25.1. The Labute approximate surface area is 356 Å². The molecule has 0 saturated carbocycles. The Morgan fingerprint density at radius 1 is 0.500 bits per heavy atom. The molecule has 5 rings (SSSR count). The molecule has 0 N–H and O–H groups in total. The molecule has 334 valence electrons. The third-order valence-corrected chi connectivity index (χ3v) is 9.40. The monoisotopic (exact) mass is 868 g/mol. The molecule has 62 heavy (non-hydrogen) atoms. The van der Waals surface area contributed by atoms with Gasteiger partial charge < -0.3 is 57.2 Å². The molecule has 4 heterocycles. The molecule has 0 unspecified atom stereocenters. The van der Waals surface area contributed by atoms with E-state index >= 15 is 0 Å². The lowest BCUT2D eigenvalue weighted by atomic mass is 10.1. The fourth-order valence-electron chi connectivity index (χ4n) is 6.82. The number of esters is 8. The Morgan fingerprint density at radius 3 is 1.16 bits per heavy atom. The lowest BCUT2D eigenvalue weighted by molar-refractivity contribution is -0.166. The van der Waals surface area contributed by atoms with Crippen LogP contribution < -0.4 is 0 Å². The van der Waals surface area contributed by atoms with E-state index in [4.69, 9.17) is 47.4 Å². The van der Waals surface area contributed by atoms with Crippen LogP contribution in [0.25, 0.3) is 0 Å². The first-order chi connectivity index (χ1) is 29.5. The largest absolute Gasteiger partial charge is 0.463 e. The second-order valence-corrected chi connectivity index (χ2v) is 14.4. The molecule has 1 aromatic rings. The fraction of sp³-hybridized carbons (Fsp3) is 0.476. The Balaban J connectivity index is 1.17. The van der Waals surface area contributed by atoms with Crippen LogP contribution in [0.5, 0.6) is 0 Å². The molecule has 20 nitrogen and oxygen atoms in total. The summed E-state index contributed by atoms with van der Waals surface area (Å²) in [7, 11) is 0. The predicted molar refractivity (Wildman–Crippen MR) is 206 cm³/mol. The van der Waals surface area contributed by atoms with Gasteiger partial charge >= 0.3 is 47.8 Å². The van der Waals surface area contributed by atoms with E-state index in [0.717, 1.165) is 0 Å². The second-order valence-electron chi connectivity index (χ2n) is 14.4. The van der Waals surface area contributed by atoms with E-state index in [1.807, 2.05) is 0 Å². The van der Waals surface area contributed by atoms with Gasteiger partial charge in [-0.2, -0.15) is 0 Å². The predicted octanol–water partition coefficient (Wildman–Crippen LogP) is 2.28. The van der Waals surface area contributed by atoms with Crippen molar-refractivity contribution < 1.29 is 85.7 Å². The van der Waals surface area contributed by atoms with E-state index in [0.29, 0.717) is 11.1 Å². The van der Waals surface area contributed by atoms with Crippen molar-refractivity contribution in [2.75, 3.05) is 13.2 Å². The quantitative estimate of drug-likeness (QED) is 0.171. The molecule has 8 atom stereocenters. The molecule has 0 aromatic heterocycles. The van der Waals surface area contributed by atoms with Crippen molar-refractivity contribution >= 4 is 47.8 Å². The van der Waals surface area contributed by atoms with E-state index in [-0.39, 0.29) is 50.4 Å². The van der Waals surface area contributed by atoms with E-state index in [2.05, 4.69) is 0 Å². The van der Waals surface area contributed by atoms with Crippen molar-refractivity contribution in [3.63, 3.8) is 0 Å². The van der Waals surface area contributed by atoms with E-state index in [9.17, 15) is 38.4 Å². The summed E-state index contributed by atoms with van der Waals surface area (Å²) in [5, 5.41) is 0. The molecule has 1 aromatic carbocycles. The third-order valence-electron chi connectivity index (χ3n) is 9.40. The van der Waals surface area contributed by atoms with Crippen LogP contribution in [0.15, 0.2) is 72.4 Å². The number of rotatable bonds is 16. The van der Waals surface area contributed by atoms with Crippen molar-refractivity contribution in [1.82, 2.24) is 9.80 Å². The highest BCUT2D eigenvalue weighted by Crippen LogP contribution is 2.34. The zero-order chi connectivity index (χ0) is 45.1. The highest BCUT2D eigenvalue weighted by Gasteiger charge is 2.53. The maximum absolute atomic E-state index is 13.2. The van der Waals surface area contributed by atoms with Gasteiger partial charge in [-0.15, -0.1) is 0 Å². The molecule has 0 bridgehead atoms. The standard InChI is InChI=1S/C42H48N2O18/c1-23(45)53-21-33-35(57-25(3)47)37(59-27(5)49)39(61-33)43-15-7-9-31(17-43)41(51)55-19-29-11-13-30(14-12-29)20-56-42(52)32-10-8-16-44(18-32)40-38(60-28(6)50)36(58-26(4)48)34(62-40)22-54-24(2)46/h7-8,11-18,33-40H,9-10,19-22H2,1-6H3/t33-,34-,35-,36-,37-,38-,39-,40-/m1/s1. The van der Waals surface area contributed by atoms with Gasteiger partial charge in [0, 0.05) is 79.2 Å². The number of allylic oxidation sites excluding steroid dienone is 2. The summed E-state index contributed by atoms with van der Waals surface area (Å²) in [4.78, 5) is 100. The van der Waals surface area contributed by atoms with Gasteiger partial charge in [0.05, 0.1) is 11.1 Å². The van der Waals surface area contributed by atoms with Crippen LogP contribution in [0.1, 0.15) is 65.5 Å². The van der Waals surface area contributed by atoms with Crippen LogP contribution in [-0.4, -0.2) is 120 Å². The second kappa shape index (κ2) is 21.3. The van der Waals surface area contributed by atoms with E-state index in [1.165, 1.54) is 63.7 Å². The number of ether oxygens (including phenoxy) is 10. The summed E-state index contributed by atoms with van der Waals surface area (Å²) >= 11 is 0. The number of nitrogens with zero attached hydrogens (tertiary/aromatic N) is 2. The first kappa shape index (κ1) is 46.5. The maximum atomic E-state index is 13.2. The Hall–Kier alpha value is -6.54. The minimum absolute atomic E-state index is 0.0956. The third kappa shape index (κ3) is 12.7. The Bertz CT molecular complexity index is 1870. The molecule has 4 aliphatic heterocycles. The smallest absolute Gasteiger partial charge is 0.336 e. The minimum atomic E-state index is -1.14. The highest BCUT2D eigenvalue weighted by atomic mass is 16.7. The average Bonchev–Trinajstić information content (AvgIpc) is 3.72. The van der Waals surface area contributed by atoms with Gasteiger partial charge in [0.1, 0.15) is 38.6 Å². The zero-order valence-corrected chi connectivity index (χ0v) is 34.9. The maximum Gasteiger partial charge on any atom is 0.336 e. The molecule has 20 heteroatoms. The number of benzene rings is 1. The molecule has 0 radical (unpaired) electrons. The van der Waals surface area contributed by atoms with E-state index in [1.54, 1.807) is 48.8 Å². The first-order valence-electron chi connectivity index (χ1n) is 19.5. The fourth-order valence-corrected chi connectivity index (χ4v) is 6.82. The summed E-state index contributed by atoms with van der Waals surface area (Å²) in [6.45, 7) is 6.37. The van der Waals surface area contributed by atoms with Gasteiger partial charge in [-0.05, 0) is 11.1 Å². The van der Waals surface area contributed by atoms with Crippen LogP contribution in [-0.2, 0) is 98.9 Å². The first-order valence-corrected chi connectivity index (χ1v) is 19.5. The summed E-state index contributed by atoms with van der Waals surface area (Å²) < 4.78 is 55.2. The van der Waals surface area contributed by atoms with E-state index < -0.39 is 96.8 Å². The summed E-state index contributed by atoms with van der Waals surface area (Å²) in [6.07, 6.45) is 1.37. The number of hydrogen-bond acceptors (Lipinski definition) is 20. The van der Waals surface area contributed by atoms with Crippen LogP contribution >= 0.6 is 0 Å². The number of hydrogen-bond donors (Lipinski definition) is 0. The highest BCUT2D eigenvalue weighted by molar-refractivity contribution is 5.89. The molecule has 0 aliphatic carbocycles. The van der Waals surface area contributed by atoms with Gasteiger partial charge in [-0.3, -0.25) is 28.8 Å². The van der Waals surface area contributed by atoms with Crippen molar-refractivity contribution in [3.05, 3.63) is 83.5 Å². The molecule has 2 fully saturated rings. The van der Waals surface area contributed by atoms with Gasteiger partial charge in [0.15, 0.2) is 36.9 Å². The Morgan fingerprint density at radius 2 is 0.839 bits per heavy atom. The van der Waals surface area contributed by atoms with Crippen LogP contribution in [0, 0.1) is 0 Å². The van der Waals surface area contributed by atoms with Gasteiger partial charge in [-0.25, -0.2) is 9.59 Å². The molecule has 0 amide bonds.